The summed E-state index contributed by atoms with van der Waals surface area (Å²) in [5.41, 5.74) is 3.77. The minimum absolute atomic E-state index is 0.123. The first-order chi connectivity index (χ1) is 17.9. The smallest absolute Gasteiger partial charge is 0.334 e. The summed E-state index contributed by atoms with van der Waals surface area (Å²) in [6, 6.07) is 9.20. The Morgan fingerprint density at radius 2 is 2.00 bits per heavy atom. The lowest BCUT2D eigenvalue weighted by Crippen LogP contribution is -2.39. The number of halogens is 2. The Labute approximate surface area is 213 Å². The van der Waals surface area contributed by atoms with Gasteiger partial charge in [0.25, 0.3) is 5.56 Å². The number of hydrogen-bond donors (Lipinski definition) is 1. The second-order valence-electron chi connectivity index (χ2n) is 8.91. The van der Waals surface area contributed by atoms with Crippen LogP contribution in [-0.2, 0) is 11.8 Å². The van der Waals surface area contributed by atoms with Gasteiger partial charge >= 0.3 is 6.55 Å². The Balaban J connectivity index is 1.49. The maximum Gasteiger partial charge on any atom is 0.334 e. The molecule has 2 aromatic carbocycles. The average Bonchev–Trinajstić information content (AvgIpc) is 3.40. The molecule has 4 heterocycles. The number of nitrogens with one attached hydrogen (secondary N) is 1. The summed E-state index contributed by atoms with van der Waals surface area (Å²) < 4.78 is 41.2. The number of hydrogen-bond acceptors (Lipinski definition) is 8. The lowest BCUT2D eigenvalue weighted by atomic mass is 10.0. The van der Waals surface area contributed by atoms with Crippen molar-refractivity contribution in [2.75, 3.05) is 18.5 Å². The second kappa shape index (κ2) is 9.20. The first-order valence-electron chi connectivity index (χ1n) is 11.6. The van der Waals surface area contributed by atoms with E-state index in [4.69, 9.17) is 9.47 Å². The molecule has 1 aliphatic rings. The van der Waals surface area contributed by atoms with Crippen LogP contribution in [0, 0.1) is 5.92 Å². The highest BCUT2D eigenvalue weighted by molar-refractivity contribution is 7.16. The Bertz CT molecular complexity index is 1680. The van der Waals surface area contributed by atoms with Gasteiger partial charge in [0.05, 0.1) is 45.4 Å². The van der Waals surface area contributed by atoms with Crippen molar-refractivity contribution in [1.29, 1.82) is 0 Å². The normalized spacial score (nSPS) is 14.8. The largest absolute Gasteiger partial charge is 0.489 e. The van der Waals surface area contributed by atoms with Crippen LogP contribution in [0.15, 0.2) is 53.2 Å². The van der Waals surface area contributed by atoms with Crippen LogP contribution >= 0.6 is 11.3 Å². The summed E-state index contributed by atoms with van der Waals surface area (Å²) in [4.78, 5) is 26.0. The third-order valence-corrected chi connectivity index (χ3v) is 7.32. The standard InChI is InChI=1S/C25H22F2N6O3S/c1-13(15-9-35-10-15)36-20-6-14(17-8-32(2)33(24(17)34)25(26)27)5-19-22(20)23(29-11-28-19)31-16-3-4-18-21(7-16)37-12-30-18/h3-8,11-13,15,25H,9-10H2,1-2H3,(H,28,29,31)/t13-/m1/s1. The van der Waals surface area contributed by atoms with Crippen molar-refractivity contribution in [3.05, 3.63) is 58.7 Å². The van der Waals surface area contributed by atoms with E-state index in [1.165, 1.54) is 30.9 Å². The molecule has 6 rings (SSSR count). The molecule has 1 atom stereocenters. The maximum absolute atomic E-state index is 13.5. The lowest BCUT2D eigenvalue weighted by Gasteiger charge is -2.32. The summed E-state index contributed by atoms with van der Waals surface area (Å²) in [6.45, 7) is 0.169. The first-order valence-corrected chi connectivity index (χ1v) is 12.5. The molecule has 0 amide bonds. The number of aromatic nitrogens is 5. The van der Waals surface area contributed by atoms with Gasteiger partial charge in [-0.25, -0.2) is 15.0 Å². The minimum Gasteiger partial charge on any atom is -0.489 e. The van der Waals surface area contributed by atoms with Crippen molar-refractivity contribution in [3.8, 4) is 16.9 Å². The topological polar surface area (TPSA) is 96.1 Å². The van der Waals surface area contributed by atoms with E-state index in [2.05, 4.69) is 20.3 Å². The van der Waals surface area contributed by atoms with E-state index in [9.17, 15) is 13.6 Å². The number of ether oxygens (including phenoxy) is 2. The molecule has 0 radical (unpaired) electrons. The Kier molecular flexibility index (Phi) is 5.84. The van der Waals surface area contributed by atoms with Gasteiger partial charge in [-0.05, 0) is 42.8 Å². The van der Waals surface area contributed by atoms with Crippen molar-refractivity contribution in [1.82, 2.24) is 24.3 Å². The third-order valence-electron chi connectivity index (χ3n) is 6.53. The summed E-state index contributed by atoms with van der Waals surface area (Å²) >= 11 is 1.54. The molecule has 1 fully saturated rings. The minimum atomic E-state index is -2.96. The van der Waals surface area contributed by atoms with Crippen LogP contribution in [0.25, 0.3) is 32.2 Å². The van der Waals surface area contributed by atoms with Gasteiger partial charge in [0.2, 0.25) is 0 Å². The van der Waals surface area contributed by atoms with E-state index in [1.54, 1.807) is 17.6 Å². The Morgan fingerprint density at radius 1 is 1.16 bits per heavy atom. The summed E-state index contributed by atoms with van der Waals surface area (Å²) in [5, 5.41) is 3.97. The predicted octanol–water partition coefficient (Wildman–Crippen LogP) is 4.96. The summed E-state index contributed by atoms with van der Waals surface area (Å²) in [6.07, 6.45) is 2.60. The van der Waals surface area contributed by atoms with E-state index in [0.29, 0.717) is 45.9 Å². The number of alkyl halides is 2. The molecule has 9 nitrogen and oxygen atoms in total. The summed E-state index contributed by atoms with van der Waals surface area (Å²) in [5.74, 6) is 1.17. The summed E-state index contributed by atoms with van der Waals surface area (Å²) in [7, 11) is 1.40. The number of anilines is 2. The zero-order chi connectivity index (χ0) is 25.7. The molecule has 0 aliphatic carbocycles. The van der Waals surface area contributed by atoms with Gasteiger partial charge in [-0.3, -0.25) is 9.48 Å². The van der Waals surface area contributed by atoms with Crippen molar-refractivity contribution in [2.24, 2.45) is 13.0 Å². The van der Waals surface area contributed by atoms with Crippen LogP contribution in [0.3, 0.4) is 0 Å². The monoisotopic (exact) mass is 524 g/mol. The van der Waals surface area contributed by atoms with Gasteiger partial charge in [-0.15, -0.1) is 11.3 Å². The quantitative estimate of drug-likeness (QED) is 0.322. The van der Waals surface area contributed by atoms with Crippen LogP contribution < -0.4 is 15.6 Å². The van der Waals surface area contributed by atoms with Crippen molar-refractivity contribution >= 4 is 44.0 Å². The highest BCUT2D eigenvalue weighted by Crippen LogP contribution is 2.37. The van der Waals surface area contributed by atoms with Crippen LogP contribution in [0.5, 0.6) is 5.75 Å². The number of fused-ring (bicyclic) bond motifs is 2. The molecule has 1 aliphatic heterocycles. The van der Waals surface area contributed by atoms with E-state index >= 15 is 0 Å². The molecular formula is C25H22F2N6O3S. The van der Waals surface area contributed by atoms with Crippen LogP contribution in [0.4, 0.5) is 20.3 Å². The molecule has 37 heavy (non-hydrogen) atoms. The van der Waals surface area contributed by atoms with Gasteiger partial charge in [0, 0.05) is 24.8 Å². The molecular weight excluding hydrogens is 502 g/mol. The molecule has 0 unspecified atom stereocenters. The van der Waals surface area contributed by atoms with E-state index in [1.807, 2.05) is 25.1 Å². The van der Waals surface area contributed by atoms with E-state index < -0.39 is 12.1 Å². The van der Waals surface area contributed by atoms with Crippen LogP contribution in [0.1, 0.15) is 13.5 Å². The highest BCUT2D eigenvalue weighted by atomic mass is 32.1. The third kappa shape index (κ3) is 4.21. The van der Waals surface area contributed by atoms with Crippen LogP contribution in [0.2, 0.25) is 0 Å². The van der Waals surface area contributed by atoms with E-state index in [0.717, 1.165) is 20.6 Å². The van der Waals surface area contributed by atoms with Gasteiger partial charge in [-0.2, -0.15) is 13.5 Å². The molecule has 0 spiro atoms. The Morgan fingerprint density at radius 3 is 2.73 bits per heavy atom. The number of aryl methyl sites for hydroxylation is 1. The van der Waals surface area contributed by atoms with Crippen molar-refractivity contribution in [3.63, 3.8) is 0 Å². The molecule has 0 saturated carbocycles. The first kappa shape index (κ1) is 23.5. The van der Waals surface area contributed by atoms with Gasteiger partial charge in [0.1, 0.15) is 24.0 Å². The molecule has 1 saturated heterocycles. The highest BCUT2D eigenvalue weighted by Gasteiger charge is 2.28. The predicted molar refractivity (Wildman–Crippen MR) is 137 cm³/mol. The SMILES string of the molecule is C[C@@H](Oc1cc(-c2cn(C)n(C(F)F)c2=O)cc2ncnc(Nc3ccc4ncsc4c3)c12)C1COC1. The van der Waals surface area contributed by atoms with Crippen LogP contribution in [-0.4, -0.2) is 43.6 Å². The number of benzene rings is 2. The molecule has 190 valence electrons. The number of rotatable bonds is 7. The van der Waals surface area contributed by atoms with E-state index in [-0.39, 0.29) is 17.6 Å². The number of thiazole rings is 1. The fourth-order valence-electron chi connectivity index (χ4n) is 4.38. The molecule has 0 bridgehead atoms. The zero-order valence-electron chi connectivity index (χ0n) is 19.9. The second-order valence-corrected chi connectivity index (χ2v) is 9.80. The number of nitrogens with zero attached hydrogens (tertiary/aromatic N) is 5. The molecule has 5 aromatic rings. The fourth-order valence-corrected chi connectivity index (χ4v) is 5.10. The lowest BCUT2D eigenvalue weighted by molar-refractivity contribution is -0.0773. The van der Waals surface area contributed by atoms with Gasteiger partial charge in [0.15, 0.2) is 0 Å². The van der Waals surface area contributed by atoms with Crippen molar-refractivity contribution in [2.45, 2.75) is 19.6 Å². The zero-order valence-corrected chi connectivity index (χ0v) is 20.7. The average molecular weight is 525 g/mol. The van der Waals surface area contributed by atoms with Crippen molar-refractivity contribution < 1.29 is 18.3 Å². The molecule has 12 heteroatoms. The van der Waals surface area contributed by atoms with Gasteiger partial charge < -0.3 is 14.8 Å². The fraction of sp³-hybridized carbons (Fsp3) is 0.280. The van der Waals surface area contributed by atoms with Gasteiger partial charge in [-0.1, -0.05) is 0 Å². The Hall–Kier alpha value is -3.90. The maximum atomic E-state index is 13.5. The molecule has 3 aromatic heterocycles. The molecule has 1 N–H and O–H groups in total.